The van der Waals surface area contributed by atoms with Gasteiger partial charge in [-0.3, -0.25) is 19.3 Å². The number of hydrogen-bond donors (Lipinski definition) is 1. The van der Waals surface area contributed by atoms with Gasteiger partial charge in [0.25, 0.3) is 0 Å². The van der Waals surface area contributed by atoms with Crippen LogP contribution in [0.3, 0.4) is 0 Å². The molecule has 2 heterocycles. The fraction of sp³-hybridized carbons (Fsp3) is 0.385. The fourth-order valence-corrected chi connectivity index (χ4v) is 7.16. The molecular formula is C26H27FN4O7S2. The van der Waals surface area contributed by atoms with E-state index in [0.717, 1.165) is 12.3 Å². The van der Waals surface area contributed by atoms with Crippen molar-refractivity contribution >= 4 is 48.6 Å². The molecule has 2 aromatic rings. The zero-order valence-corrected chi connectivity index (χ0v) is 23.9. The number of fused-ring (bicyclic) bond motifs is 1. The first-order chi connectivity index (χ1) is 18.5. The molecule has 1 amide bonds. The Kier molecular flexibility index (Phi) is 7.27. The Morgan fingerprint density at radius 2 is 1.85 bits per heavy atom. The van der Waals surface area contributed by atoms with Crippen LogP contribution in [0.15, 0.2) is 46.3 Å². The molecule has 0 radical (unpaired) electrons. The number of carbonyl (C=O) groups excluding carboxylic acids is 2. The number of amides is 1. The van der Waals surface area contributed by atoms with Crippen LogP contribution < -0.4 is 9.46 Å². The number of aliphatic imine (C=N–C) groups is 1. The third-order valence-corrected chi connectivity index (χ3v) is 9.11. The second-order valence-electron chi connectivity index (χ2n) is 10.7. The Hall–Kier alpha value is -3.83. The maximum atomic E-state index is 14.0. The van der Waals surface area contributed by atoms with Crippen molar-refractivity contribution in [2.45, 2.75) is 43.5 Å². The molecule has 2 aliphatic rings. The molecule has 1 fully saturated rings. The van der Waals surface area contributed by atoms with Crippen molar-refractivity contribution in [1.29, 1.82) is 5.26 Å². The van der Waals surface area contributed by atoms with E-state index in [1.165, 1.54) is 42.3 Å². The minimum Gasteiger partial charge on any atom is -0.494 e. The number of Topliss-reactive ketones (excluding diaryl/α,β-unsaturated/α-hetero) is 1. The van der Waals surface area contributed by atoms with E-state index in [4.69, 9.17) is 4.74 Å². The van der Waals surface area contributed by atoms with E-state index < -0.39 is 70.6 Å². The summed E-state index contributed by atoms with van der Waals surface area (Å²) in [6, 6.07) is 8.25. The summed E-state index contributed by atoms with van der Waals surface area (Å²) < 4.78 is 71.5. The number of methoxy groups -OCH3 is 1. The molecule has 4 rings (SSSR count). The van der Waals surface area contributed by atoms with Gasteiger partial charge in [-0.05, 0) is 41.3 Å². The topological polar surface area (TPSA) is 163 Å². The number of ketones is 1. The average Bonchev–Trinajstić information content (AvgIpc) is 3.08. The van der Waals surface area contributed by atoms with Crippen LogP contribution in [0.4, 0.5) is 15.8 Å². The highest BCUT2D eigenvalue weighted by atomic mass is 32.2. The van der Waals surface area contributed by atoms with E-state index in [1.54, 1.807) is 26.8 Å². The monoisotopic (exact) mass is 590 g/mol. The van der Waals surface area contributed by atoms with Crippen molar-refractivity contribution in [2.24, 2.45) is 16.3 Å². The molecule has 0 aliphatic carbocycles. The lowest BCUT2D eigenvalue weighted by Crippen LogP contribution is -2.44. The fourth-order valence-electron chi connectivity index (χ4n) is 5.01. The van der Waals surface area contributed by atoms with Gasteiger partial charge in [0, 0.05) is 12.2 Å². The predicted molar refractivity (Wildman–Crippen MR) is 144 cm³/mol. The van der Waals surface area contributed by atoms with Crippen LogP contribution in [0, 0.1) is 28.5 Å². The van der Waals surface area contributed by atoms with E-state index in [2.05, 4.69) is 9.71 Å². The van der Waals surface area contributed by atoms with E-state index in [-0.39, 0.29) is 23.7 Å². The van der Waals surface area contributed by atoms with Crippen molar-refractivity contribution in [3.8, 4) is 11.8 Å². The molecule has 1 saturated heterocycles. The molecule has 3 atom stereocenters. The normalized spacial score (nSPS) is 22.4. The largest absolute Gasteiger partial charge is 0.494 e. The van der Waals surface area contributed by atoms with Crippen LogP contribution in [-0.2, 0) is 36.0 Å². The minimum atomic E-state index is -4.50. The predicted octanol–water partition coefficient (Wildman–Crippen LogP) is 2.60. The molecular weight excluding hydrogens is 563 g/mol. The van der Waals surface area contributed by atoms with Crippen molar-refractivity contribution in [2.75, 3.05) is 18.1 Å². The number of nitrogens with one attached hydrogen (secondary N) is 1. The highest BCUT2D eigenvalue weighted by molar-refractivity contribution is 7.93. The van der Waals surface area contributed by atoms with Crippen LogP contribution in [0.25, 0.3) is 0 Å². The van der Waals surface area contributed by atoms with Crippen LogP contribution in [0.1, 0.15) is 26.3 Å². The summed E-state index contributed by atoms with van der Waals surface area (Å²) in [5.41, 5.74) is -0.911. The van der Waals surface area contributed by atoms with Crippen molar-refractivity contribution < 1.29 is 35.6 Å². The molecule has 2 aromatic carbocycles. The summed E-state index contributed by atoms with van der Waals surface area (Å²) >= 11 is 0. The number of benzene rings is 2. The van der Waals surface area contributed by atoms with Crippen molar-refractivity contribution in [1.82, 2.24) is 4.90 Å². The maximum Gasteiger partial charge on any atom is 0.240 e. The molecule has 0 spiro atoms. The lowest BCUT2D eigenvalue weighted by Gasteiger charge is -2.33. The number of likely N-dealkylation sites (tertiary alicyclic amines) is 1. The molecule has 11 nitrogen and oxygen atoms in total. The van der Waals surface area contributed by atoms with Crippen LogP contribution in [0.2, 0.25) is 0 Å². The second kappa shape index (κ2) is 9.97. The van der Waals surface area contributed by atoms with Crippen LogP contribution in [0.5, 0.6) is 5.75 Å². The lowest BCUT2D eigenvalue weighted by molar-refractivity contribution is -0.132. The summed E-state index contributed by atoms with van der Waals surface area (Å²) in [7, 11) is -6.93. The number of carbonyl (C=O) groups is 2. The quantitative estimate of drug-likeness (QED) is 0.502. The summed E-state index contributed by atoms with van der Waals surface area (Å²) in [5, 5.41) is 7.95. The Morgan fingerprint density at radius 3 is 2.42 bits per heavy atom. The highest BCUT2D eigenvalue weighted by Gasteiger charge is 2.57. The lowest BCUT2D eigenvalue weighted by atomic mass is 9.81. The zero-order chi connectivity index (χ0) is 29.8. The second-order valence-corrected chi connectivity index (χ2v) is 14.4. The van der Waals surface area contributed by atoms with E-state index in [0.29, 0.717) is 5.56 Å². The summed E-state index contributed by atoms with van der Waals surface area (Å²) in [6.45, 7) is 5.14. The third kappa shape index (κ3) is 5.18. The first kappa shape index (κ1) is 29.2. The standard InChI is InChI=1S/C26H27FN4O7S2/c1-26(2,3)24-23(32)21(25(33)31(24)13-14-6-8-16(27)18(10-14)38-4)22-20(12-28)40(36,37)19-11-15(30-39(5,34)35)7-9-17(19)29-22/h6-11,20-21,24,30H,13H2,1-5H3/t20?,21?,24-/m1/s1. The third-order valence-electron chi connectivity index (χ3n) is 6.60. The number of anilines is 1. The van der Waals surface area contributed by atoms with Crippen LogP contribution in [-0.4, -0.2) is 63.8 Å². The van der Waals surface area contributed by atoms with Gasteiger partial charge >= 0.3 is 0 Å². The Morgan fingerprint density at radius 1 is 1.18 bits per heavy atom. The summed E-state index contributed by atoms with van der Waals surface area (Å²) in [4.78, 5) is 32.9. The van der Waals surface area contributed by atoms with Gasteiger partial charge in [-0.25, -0.2) is 21.2 Å². The molecule has 0 bridgehead atoms. The summed E-state index contributed by atoms with van der Waals surface area (Å²) in [5.74, 6) is -3.64. The van der Waals surface area contributed by atoms with Gasteiger partial charge in [-0.2, -0.15) is 5.26 Å². The van der Waals surface area contributed by atoms with E-state index >= 15 is 0 Å². The van der Waals surface area contributed by atoms with Gasteiger partial charge in [0.05, 0.1) is 41.8 Å². The number of hydrogen-bond acceptors (Lipinski definition) is 9. The van der Waals surface area contributed by atoms with Crippen LogP contribution >= 0.6 is 0 Å². The number of halogens is 1. The van der Waals surface area contributed by atoms with Crippen molar-refractivity contribution in [3.63, 3.8) is 0 Å². The Balaban J connectivity index is 1.82. The minimum absolute atomic E-state index is 0.0482. The van der Waals surface area contributed by atoms with Gasteiger partial charge in [-0.15, -0.1) is 0 Å². The number of ether oxygens (including phenoxy) is 1. The average molecular weight is 591 g/mol. The molecule has 0 aromatic heterocycles. The molecule has 212 valence electrons. The zero-order valence-electron chi connectivity index (χ0n) is 22.3. The van der Waals surface area contributed by atoms with Crippen molar-refractivity contribution in [3.05, 3.63) is 47.8 Å². The number of rotatable bonds is 6. The molecule has 0 saturated carbocycles. The number of sulfonamides is 1. The van der Waals surface area contributed by atoms with Gasteiger partial charge in [0.1, 0.15) is 5.92 Å². The molecule has 2 unspecified atom stereocenters. The summed E-state index contributed by atoms with van der Waals surface area (Å²) in [6.07, 6.45) is 0.895. The van der Waals surface area contributed by atoms with Gasteiger partial charge in [-0.1, -0.05) is 26.8 Å². The smallest absolute Gasteiger partial charge is 0.240 e. The number of nitrogens with zero attached hydrogens (tertiary/aromatic N) is 3. The van der Waals surface area contributed by atoms with Gasteiger partial charge < -0.3 is 9.64 Å². The first-order valence-corrected chi connectivity index (χ1v) is 15.4. The number of nitriles is 1. The maximum absolute atomic E-state index is 14.0. The van der Waals surface area contributed by atoms with Gasteiger partial charge in [0.2, 0.25) is 25.8 Å². The molecule has 2 aliphatic heterocycles. The Bertz CT molecular complexity index is 1710. The number of sulfone groups is 1. The molecule has 14 heteroatoms. The Labute approximate surface area is 231 Å². The van der Waals surface area contributed by atoms with E-state index in [9.17, 15) is 36.1 Å². The molecule has 40 heavy (non-hydrogen) atoms. The van der Waals surface area contributed by atoms with E-state index in [1.807, 2.05) is 0 Å². The molecule has 1 N–H and O–H groups in total. The highest BCUT2D eigenvalue weighted by Crippen LogP contribution is 2.41. The van der Waals surface area contributed by atoms with Gasteiger partial charge in [0.15, 0.2) is 22.6 Å². The first-order valence-electron chi connectivity index (χ1n) is 12.0. The SMILES string of the molecule is COc1cc(CN2C(=O)C(C3=Nc4ccc(NS(C)(=O)=O)cc4S(=O)(=O)C3C#N)C(=O)[C@@H]2C(C)(C)C)ccc1F.